The second-order valence-electron chi connectivity index (χ2n) is 10.9. The molecule has 0 atom stereocenters. The van der Waals surface area contributed by atoms with Crippen molar-refractivity contribution in [3.8, 4) is 5.75 Å². The third-order valence-corrected chi connectivity index (χ3v) is 9.17. The Hall–Kier alpha value is -5.15. The lowest BCUT2D eigenvalue weighted by Crippen LogP contribution is -2.42. The maximum atomic E-state index is 14.0. The number of amidine groups is 1. The van der Waals surface area contributed by atoms with Crippen LogP contribution in [0.1, 0.15) is 35.2 Å². The molecule has 4 aromatic carbocycles. The average molecular weight is 723 g/mol. The van der Waals surface area contributed by atoms with Crippen molar-refractivity contribution in [2.24, 2.45) is 4.99 Å². The van der Waals surface area contributed by atoms with E-state index in [1.54, 1.807) is 67.6 Å². The van der Waals surface area contributed by atoms with Gasteiger partial charge in [0, 0.05) is 5.70 Å². The lowest BCUT2D eigenvalue weighted by atomic mass is 9.99. The minimum Gasteiger partial charge on any atom is -0.489 e. The minimum atomic E-state index is -0.705. The van der Waals surface area contributed by atoms with E-state index in [0.717, 1.165) is 28.5 Å². The van der Waals surface area contributed by atoms with E-state index in [1.807, 2.05) is 66.7 Å². The molecule has 1 aliphatic heterocycles. The first kappa shape index (κ1) is 36.1. The van der Waals surface area contributed by atoms with Crippen LogP contribution in [0.5, 0.6) is 5.75 Å². The molecule has 3 amide bonds. The molecule has 0 unspecified atom stereocenters. The van der Waals surface area contributed by atoms with Gasteiger partial charge in [-0.1, -0.05) is 139 Å². The topological polar surface area (TPSA) is 88.1 Å². The summed E-state index contributed by atoms with van der Waals surface area (Å²) in [7, 11) is 0. The molecule has 0 spiro atoms. The molecule has 5 rings (SSSR count). The fourth-order valence-electron chi connectivity index (χ4n) is 5.02. The SMILES string of the molecule is C=C/C=C\C(=C/C)N1C(=O)/C(=C/c2ccc(OCc3ccc(Cl)c(Cl)c3)cc2)C(=O)N=C1SCC(=O)NC(c1ccccc1)c1ccccc1. The molecule has 1 aliphatic rings. The summed E-state index contributed by atoms with van der Waals surface area (Å²) in [6.45, 7) is 5.77. The van der Waals surface area contributed by atoms with Crippen LogP contribution in [0, 0.1) is 0 Å². The van der Waals surface area contributed by atoms with Gasteiger partial charge in [0.05, 0.1) is 21.8 Å². The predicted molar refractivity (Wildman–Crippen MR) is 203 cm³/mol. The second kappa shape index (κ2) is 17.5. The van der Waals surface area contributed by atoms with Gasteiger partial charge in [0.25, 0.3) is 11.8 Å². The molecule has 0 aliphatic carbocycles. The normalized spacial score (nSPS) is 14.3. The number of allylic oxidation sites excluding steroid dienone is 4. The number of aliphatic imine (C=N–C) groups is 1. The van der Waals surface area contributed by atoms with E-state index in [-0.39, 0.29) is 35.0 Å². The molecule has 0 saturated carbocycles. The van der Waals surface area contributed by atoms with Crippen LogP contribution in [-0.2, 0) is 21.0 Å². The van der Waals surface area contributed by atoms with Gasteiger partial charge >= 0.3 is 0 Å². The number of nitrogens with zero attached hydrogens (tertiary/aromatic N) is 2. The Labute approximate surface area is 305 Å². The van der Waals surface area contributed by atoms with Crippen LogP contribution >= 0.6 is 35.0 Å². The van der Waals surface area contributed by atoms with Gasteiger partial charge in [-0.05, 0) is 65.6 Å². The smallest absolute Gasteiger partial charge is 0.285 e. The highest BCUT2D eigenvalue weighted by Crippen LogP contribution is 2.28. The van der Waals surface area contributed by atoms with Crippen molar-refractivity contribution < 1.29 is 19.1 Å². The Morgan fingerprint density at radius 3 is 2.20 bits per heavy atom. The molecule has 50 heavy (non-hydrogen) atoms. The van der Waals surface area contributed by atoms with Crippen LogP contribution in [0.2, 0.25) is 10.0 Å². The maximum Gasteiger partial charge on any atom is 0.285 e. The number of ether oxygens (including phenoxy) is 1. The Bertz CT molecular complexity index is 1950. The van der Waals surface area contributed by atoms with Gasteiger partial charge < -0.3 is 10.1 Å². The molecule has 0 aromatic heterocycles. The number of halogens is 2. The van der Waals surface area contributed by atoms with Gasteiger partial charge in [0.1, 0.15) is 17.9 Å². The number of rotatable bonds is 12. The maximum absolute atomic E-state index is 14.0. The third-order valence-electron chi connectivity index (χ3n) is 7.49. The van der Waals surface area contributed by atoms with Gasteiger partial charge in [-0.25, -0.2) is 0 Å². The lowest BCUT2D eigenvalue weighted by molar-refractivity contribution is -0.126. The largest absolute Gasteiger partial charge is 0.489 e. The minimum absolute atomic E-state index is 0.0863. The first-order valence-corrected chi connectivity index (χ1v) is 17.3. The van der Waals surface area contributed by atoms with E-state index in [2.05, 4.69) is 16.9 Å². The molecule has 1 N–H and O–H groups in total. The van der Waals surface area contributed by atoms with Crippen LogP contribution in [-0.4, -0.2) is 33.5 Å². The summed E-state index contributed by atoms with van der Waals surface area (Å²) >= 11 is 13.1. The van der Waals surface area contributed by atoms with Crippen molar-refractivity contribution in [2.45, 2.75) is 19.6 Å². The molecular weight excluding hydrogens is 689 g/mol. The summed E-state index contributed by atoms with van der Waals surface area (Å²) in [6, 6.07) is 31.2. The van der Waals surface area contributed by atoms with Crippen LogP contribution < -0.4 is 10.1 Å². The number of thioether (sulfide) groups is 1. The fraction of sp³-hybridized carbons (Fsp3) is 0.100. The molecule has 0 fully saturated rings. The summed E-state index contributed by atoms with van der Waals surface area (Å²) in [4.78, 5) is 46.3. The third kappa shape index (κ3) is 9.30. The van der Waals surface area contributed by atoms with Crippen LogP contribution in [0.3, 0.4) is 0 Å². The molecule has 0 radical (unpaired) electrons. The van der Waals surface area contributed by atoms with Gasteiger partial charge in [-0.3, -0.25) is 19.3 Å². The van der Waals surface area contributed by atoms with Gasteiger partial charge in [0.2, 0.25) is 5.91 Å². The quantitative estimate of drug-likeness (QED) is 0.0897. The predicted octanol–water partition coefficient (Wildman–Crippen LogP) is 8.97. The second-order valence-corrected chi connectivity index (χ2v) is 12.7. The molecule has 0 saturated heterocycles. The van der Waals surface area contributed by atoms with Gasteiger partial charge in [-0.2, -0.15) is 4.99 Å². The van der Waals surface area contributed by atoms with Crippen LogP contribution in [0.25, 0.3) is 6.08 Å². The number of nitrogens with one attached hydrogen (secondary N) is 1. The van der Waals surface area contributed by atoms with Gasteiger partial charge in [-0.15, -0.1) is 0 Å². The standard InChI is InChI=1S/C40H33Cl2N3O4S/c1-3-5-16-31(4-2)45-39(48)33(23-27-17-20-32(21-18-27)49-25-28-19-22-34(41)35(42)24-28)38(47)44-40(45)50-26-36(46)43-37(29-12-8-6-9-13-29)30-14-10-7-11-15-30/h3-24,37H,1,25-26H2,2H3,(H,43,46)/b16-5-,31-4+,33-23+. The highest BCUT2D eigenvalue weighted by Gasteiger charge is 2.35. The number of carbonyl (C=O) groups excluding carboxylic acids is 3. The van der Waals surface area contributed by atoms with Gasteiger partial charge in [0.15, 0.2) is 5.17 Å². The Morgan fingerprint density at radius 1 is 0.940 bits per heavy atom. The van der Waals surface area contributed by atoms with Crippen LogP contribution in [0.4, 0.5) is 0 Å². The Kier molecular flexibility index (Phi) is 12.6. The first-order valence-electron chi connectivity index (χ1n) is 15.6. The number of benzene rings is 4. The van der Waals surface area contributed by atoms with E-state index in [9.17, 15) is 14.4 Å². The highest BCUT2D eigenvalue weighted by molar-refractivity contribution is 8.14. The van der Waals surface area contributed by atoms with Crippen molar-refractivity contribution in [1.29, 1.82) is 0 Å². The Balaban J connectivity index is 1.34. The zero-order valence-corrected chi connectivity index (χ0v) is 29.4. The summed E-state index contributed by atoms with van der Waals surface area (Å²) in [6.07, 6.45) is 8.17. The van der Waals surface area contributed by atoms with E-state index in [1.165, 1.54) is 11.0 Å². The van der Waals surface area contributed by atoms with Crippen molar-refractivity contribution in [2.75, 3.05) is 5.75 Å². The average Bonchev–Trinajstić information content (AvgIpc) is 3.14. The Morgan fingerprint density at radius 2 is 1.60 bits per heavy atom. The van der Waals surface area contributed by atoms with E-state index < -0.39 is 11.8 Å². The number of hydrogen-bond acceptors (Lipinski definition) is 5. The van der Waals surface area contributed by atoms with E-state index >= 15 is 0 Å². The molecular formula is C40H33Cl2N3O4S. The molecule has 10 heteroatoms. The molecule has 1 heterocycles. The van der Waals surface area contributed by atoms with Crippen molar-refractivity contribution >= 4 is 63.9 Å². The molecule has 0 bridgehead atoms. The van der Waals surface area contributed by atoms with E-state index in [0.29, 0.717) is 27.1 Å². The first-order chi connectivity index (χ1) is 24.3. The highest BCUT2D eigenvalue weighted by atomic mass is 35.5. The summed E-state index contributed by atoms with van der Waals surface area (Å²) in [5, 5.41) is 4.10. The summed E-state index contributed by atoms with van der Waals surface area (Å²) in [5.41, 5.74) is 3.65. The van der Waals surface area contributed by atoms with Crippen molar-refractivity contribution in [3.63, 3.8) is 0 Å². The summed E-state index contributed by atoms with van der Waals surface area (Å²) in [5.74, 6) is -1.06. The summed E-state index contributed by atoms with van der Waals surface area (Å²) < 4.78 is 5.86. The fourth-order valence-corrected chi connectivity index (χ4v) is 6.15. The zero-order valence-electron chi connectivity index (χ0n) is 27.1. The van der Waals surface area contributed by atoms with Crippen molar-refractivity contribution in [3.05, 3.63) is 178 Å². The lowest BCUT2D eigenvalue weighted by Gasteiger charge is -2.28. The molecule has 252 valence electrons. The molecule has 7 nitrogen and oxygen atoms in total. The molecule has 4 aromatic rings. The van der Waals surface area contributed by atoms with E-state index in [4.69, 9.17) is 27.9 Å². The van der Waals surface area contributed by atoms with Crippen molar-refractivity contribution in [1.82, 2.24) is 10.2 Å². The number of carbonyl (C=O) groups is 3. The van der Waals surface area contributed by atoms with Crippen LogP contribution in [0.15, 0.2) is 150 Å². The number of hydrogen-bond donors (Lipinski definition) is 1. The number of amides is 3. The monoisotopic (exact) mass is 721 g/mol. The zero-order chi connectivity index (χ0) is 35.5.